The van der Waals surface area contributed by atoms with Gasteiger partial charge >= 0.3 is 0 Å². The summed E-state index contributed by atoms with van der Waals surface area (Å²) in [5, 5.41) is 3.27. The maximum Gasteiger partial charge on any atom is 0.119 e. The normalized spacial score (nSPS) is 21.8. The van der Waals surface area contributed by atoms with Crippen molar-refractivity contribution in [3.8, 4) is 5.75 Å². The molecule has 1 aliphatic rings. The molecule has 0 spiro atoms. The van der Waals surface area contributed by atoms with Gasteiger partial charge in [0.1, 0.15) is 5.75 Å². The molecule has 3 heteroatoms. The van der Waals surface area contributed by atoms with Gasteiger partial charge in [0.15, 0.2) is 0 Å². The van der Waals surface area contributed by atoms with Crippen LogP contribution in [0, 0.1) is 0 Å². The molecule has 2 nitrogen and oxygen atoms in total. The second-order valence-corrected chi connectivity index (χ2v) is 5.04. The quantitative estimate of drug-likeness (QED) is 0.831. The average molecular weight is 282 g/mol. The minimum Gasteiger partial charge on any atom is -0.497 e. The molecule has 0 aliphatic heterocycles. The summed E-state index contributed by atoms with van der Waals surface area (Å²) in [7, 11) is 3.75. The largest absolute Gasteiger partial charge is 0.497 e. The zero-order valence-electron chi connectivity index (χ0n) is 11.8. The summed E-state index contributed by atoms with van der Waals surface area (Å²) in [4.78, 5) is 0. The van der Waals surface area contributed by atoms with Crippen LogP contribution in [0.25, 0.3) is 0 Å². The highest BCUT2D eigenvalue weighted by molar-refractivity contribution is 5.85. The van der Waals surface area contributed by atoms with E-state index in [1.807, 2.05) is 13.1 Å². The number of hydrogen-bond acceptors (Lipinski definition) is 2. The maximum absolute atomic E-state index is 5.36. The van der Waals surface area contributed by atoms with Gasteiger partial charge in [-0.15, -0.1) is 12.4 Å². The van der Waals surface area contributed by atoms with Crippen molar-refractivity contribution in [2.45, 2.75) is 31.1 Å². The van der Waals surface area contributed by atoms with Gasteiger partial charge in [0.05, 0.1) is 7.11 Å². The van der Waals surface area contributed by atoms with E-state index in [2.05, 4.69) is 35.7 Å². The number of benzene rings is 1. The highest BCUT2D eigenvalue weighted by Gasteiger charge is 2.30. The van der Waals surface area contributed by atoms with Crippen molar-refractivity contribution in [2.24, 2.45) is 0 Å². The molecule has 0 saturated carbocycles. The van der Waals surface area contributed by atoms with Gasteiger partial charge in [-0.25, -0.2) is 0 Å². The summed E-state index contributed by atoms with van der Waals surface area (Å²) in [5.41, 5.74) is 1.57. The number of ether oxygens (including phenoxy) is 1. The van der Waals surface area contributed by atoms with Gasteiger partial charge in [-0.05, 0) is 57.0 Å². The Kier molecular flexibility index (Phi) is 6.40. The molecule has 0 amide bonds. The van der Waals surface area contributed by atoms with E-state index in [0.717, 1.165) is 18.7 Å². The summed E-state index contributed by atoms with van der Waals surface area (Å²) >= 11 is 0. The molecule has 1 N–H and O–H groups in total. The van der Waals surface area contributed by atoms with Crippen LogP contribution in [0.15, 0.2) is 36.4 Å². The number of hydrogen-bond donors (Lipinski definition) is 1. The summed E-state index contributed by atoms with van der Waals surface area (Å²) in [5.74, 6) is 0.954. The first-order chi connectivity index (χ1) is 8.80. The van der Waals surface area contributed by atoms with Crippen molar-refractivity contribution in [3.05, 3.63) is 42.0 Å². The second kappa shape index (κ2) is 7.56. The Bertz CT molecular complexity index is 419. The fourth-order valence-electron chi connectivity index (χ4n) is 2.80. The Morgan fingerprint density at radius 3 is 2.84 bits per heavy atom. The van der Waals surface area contributed by atoms with E-state index in [9.17, 15) is 0 Å². The third kappa shape index (κ3) is 3.74. The number of methoxy groups -OCH3 is 1. The van der Waals surface area contributed by atoms with E-state index in [1.54, 1.807) is 7.11 Å². The van der Waals surface area contributed by atoms with Crippen molar-refractivity contribution in [1.82, 2.24) is 5.32 Å². The van der Waals surface area contributed by atoms with E-state index < -0.39 is 0 Å². The zero-order valence-corrected chi connectivity index (χ0v) is 12.6. The van der Waals surface area contributed by atoms with E-state index in [-0.39, 0.29) is 17.8 Å². The summed E-state index contributed by atoms with van der Waals surface area (Å²) < 4.78 is 5.36. The van der Waals surface area contributed by atoms with E-state index in [4.69, 9.17) is 4.74 Å². The smallest absolute Gasteiger partial charge is 0.119 e. The molecule has 0 aromatic heterocycles. The lowest BCUT2D eigenvalue weighted by molar-refractivity contribution is 0.400. The van der Waals surface area contributed by atoms with Crippen molar-refractivity contribution in [3.63, 3.8) is 0 Å². The Morgan fingerprint density at radius 1 is 1.37 bits per heavy atom. The van der Waals surface area contributed by atoms with E-state index in [0.29, 0.717) is 0 Å². The second-order valence-electron chi connectivity index (χ2n) is 5.04. The van der Waals surface area contributed by atoms with Gasteiger partial charge in [-0.3, -0.25) is 0 Å². The van der Waals surface area contributed by atoms with Crippen LogP contribution in [-0.2, 0) is 5.41 Å². The molecular formula is C16H24ClNO. The predicted octanol–water partition coefficient (Wildman–Crippen LogP) is 3.70. The van der Waals surface area contributed by atoms with Gasteiger partial charge in [-0.2, -0.15) is 0 Å². The predicted molar refractivity (Wildman–Crippen MR) is 83.5 cm³/mol. The van der Waals surface area contributed by atoms with Crippen molar-refractivity contribution >= 4 is 12.4 Å². The van der Waals surface area contributed by atoms with Gasteiger partial charge in [-0.1, -0.05) is 24.3 Å². The molecule has 1 unspecified atom stereocenters. The Balaban J connectivity index is 0.00000180. The molecule has 0 bridgehead atoms. The molecule has 1 aromatic carbocycles. The molecular weight excluding hydrogens is 258 g/mol. The van der Waals surface area contributed by atoms with Crippen LogP contribution in [0.3, 0.4) is 0 Å². The Morgan fingerprint density at radius 2 is 2.21 bits per heavy atom. The van der Waals surface area contributed by atoms with Crippen LogP contribution < -0.4 is 10.1 Å². The zero-order chi connectivity index (χ0) is 12.8. The van der Waals surface area contributed by atoms with Crippen LogP contribution in [0.4, 0.5) is 0 Å². The first-order valence-corrected chi connectivity index (χ1v) is 6.77. The maximum atomic E-state index is 5.36. The molecule has 1 atom stereocenters. The Labute approximate surface area is 122 Å². The Hall–Kier alpha value is -0.990. The number of halogens is 1. The highest BCUT2D eigenvalue weighted by atomic mass is 35.5. The lowest BCUT2D eigenvalue weighted by atomic mass is 9.71. The van der Waals surface area contributed by atoms with Gasteiger partial charge < -0.3 is 10.1 Å². The minimum atomic E-state index is 0. The highest BCUT2D eigenvalue weighted by Crippen LogP contribution is 2.39. The molecule has 2 rings (SSSR count). The van der Waals surface area contributed by atoms with Gasteiger partial charge in [0.25, 0.3) is 0 Å². The van der Waals surface area contributed by atoms with E-state index >= 15 is 0 Å². The topological polar surface area (TPSA) is 21.3 Å². The van der Waals surface area contributed by atoms with Gasteiger partial charge in [0, 0.05) is 5.41 Å². The average Bonchev–Trinajstić information content (AvgIpc) is 2.46. The number of nitrogens with one attached hydrogen (secondary N) is 1. The van der Waals surface area contributed by atoms with Crippen LogP contribution in [0.5, 0.6) is 5.75 Å². The number of rotatable bonds is 5. The van der Waals surface area contributed by atoms with Crippen LogP contribution in [0.1, 0.15) is 31.2 Å². The van der Waals surface area contributed by atoms with Gasteiger partial charge in [0.2, 0.25) is 0 Å². The first-order valence-electron chi connectivity index (χ1n) is 6.77. The van der Waals surface area contributed by atoms with Crippen molar-refractivity contribution in [1.29, 1.82) is 0 Å². The summed E-state index contributed by atoms with van der Waals surface area (Å²) in [6.45, 7) is 1.04. The fourth-order valence-corrected chi connectivity index (χ4v) is 2.80. The number of allylic oxidation sites excluding steroid dienone is 2. The molecule has 1 aliphatic carbocycles. The molecule has 1 aromatic rings. The third-order valence-electron chi connectivity index (χ3n) is 3.90. The summed E-state index contributed by atoms with van der Waals surface area (Å²) in [6, 6.07) is 8.53. The van der Waals surface area contributed by atoms with Crippen LogP contribution >= 0.6 is 12.4 Å². The van der Waals surface area contributed by atoms with Crippen LogP contribution in [0.2, 0.25) is 0 Å². The lowest BCUT2D eigenvalue weighted by Crippen LogP contribution is -2.29. The molecule has 0 heterocycles. The van der Waals surface area contributed by atoms with E-state index in [1.165, 1.54) is 24.8 Å². The molecule has 0 saturated heterocycles. The standard InChI is InChI=1S/C16H23NO.ClH/c1-17-12-11-16(9-4-3-5-10-16)14-7-6-8-15(13-14)18-2;/h4,6-9,13,17H,3,5,10-12H2,1-2H3;1H. The van der Waals surface area contributed by atoms with Crippen LogP contribution in [-0.4, -0.2) is 20.7 Å². The minimum absolute atomic E-state index is 0. The van der Waals surface area contributed by atoms with Crippen molar-refractivity contribution in [2.75, 3.05) is 20.7 Å². The third-order valence-corrected chi connectivity index (χ3v) is 3.90. The molecule has 0 radical (unpaired) electrons. The monoisotopic (exact) mass is 281 g/mol. The first kappa shape index (κ1) is 16.1. The summed E-state index contributed by atoms with van der Waals surface area (Å²) in [6.07, 6.45) is 9.61. The molecule has 106 valence electrons. The van der Waals surface area contributed by atoms with Crippen molar-refractivity contribution < 1.29 is 4.74 Å². The SMILES string of the molecule is CNCCC1(c2cccc(OC)c2)C=CCCC1.Cl. The molecule has 19 heavy (non-hydrogen) atoms. The fraction of sp³-hybridized carbons (Fsp3) is 0.500. The lowest BCUT2D eigenvalue weighted by Gasteiger charge is -2.34. The molecule has 0 fully saturated rings.